The molecule has 0 saturated heterocycles. The number of amides is 1. The van der Waals surface area contributed by atoms with E-state index in [0.717, 1.165) is 0 Å². The predicted octanol–water partition coefficient (Wildman–Crippen LogP) is 1.32. The van der Waals surface area contributed by atoms with Crippen molar-refractivity contribution in [1.82, 2.24) is 5.32 Å². The third kappa shape index (κ3) is 6.31. The molecule has 5 heteroatoms. The summed E-state index contributed by atoms with van der Waals surface area (Å²) in [5.41, 5.74) is 0.673. The van der Waals surface area contributed by atoms with Crippen LogP contribution in [0.25, 0.3) is 0 Å². The molecule has 84 valence electrons. The van der Waals surface area contributed by atoms with Gasteiger partial charge in [-0.1, -0.05) is 18.2 Å². The normalized spacial score (nSPS) is 11.3. The molecule has 0 aromatic heterocycles. The molecular formula is C10H15NO4. The summed E-state index contributed by atoms with van der Waals surface area (Å²) in [5.74, 6) is -1.12. The van der Waals surface area contributed by atoms with Crippen LogP contribution in [-0.2, 0) is 9.53 Å². The molecule has 1 amide bonds. The quantitative estimate of drug-likeness (QED) is 0.652. The molecule has 1 unspecified atom stereocenters. The Hall–Kier alpha value is -1.78. The number of hydrogen-bond acceptors (Lipinski definition) is 3. The third-order valence-corrected chi connectivity index (χ3v) is 1.48. The maximum Gasteiger partial charge on any atom is 0.408 e. The van der Waals surface area contributed by atoms with Gasteiger partial charge < -0.3 is 15.2 Å². The van der Waals surface area contributed by atoms with Crippen LogP contribution in [0, 0.1) is 0 Å². The summed E-state index contributed by atoms with van der Waals surface area (Å²) in [4.78, 5) is 21.7. The largest absolute Gasteiger partial charge is 0.480 e. The van der Waals surface area contributed by atoms with Gasteiger partial charge in [-0.2, -0.15) is 0 Å². The number of nitrogens with one attached hydrogen (secondary N) is 1. The van der Waals surface area contributed by atoms with E-state index in [-0.39, 0.29) is 13.0 Å². The molecule has 0 saturated carbocycles. The molecule has 2 N–H and O–H groups in total. The van der Waals surface area contributed by atoms with E-state index in [0.29, 0.717) is 5.57 Å². The number of aliphatic carboxylic acids is 1. The number of carboxylic acid groups (broad SMARTS) is 1. The van der Waals surface area contributed by atoms with Crippen LogP contribution < -0.4 is 5.32 Å². The van der Waals surface area contributed by atoms with Crippen molar-refractivity contribution in [3.63, 3.8) is 0 Å². The first-order valence-corrected chi connectivity index (χ1v) is 4.38. The average Bonchev–Trinajstić information content (AvgIpc) is 2.12. The van der Waals surface area contributed by atoms with Crippen LogP contribution in [0.5, 0.6) is 0 Å². The van der Waals surface area contributed by atoms with Gasteiger partial charge in [-0.15, -0.1) is 6.58 Å². The number of rotatable bonds is 6. The highest BCUT2D eigenvalue weighted by Crippen LogP contribution is 2.02. The van der Waals surface area contributed by atoms with Crippen molar-refractivity contribution < 1.29 is 19.4 Å². The summed E-state index contributed by atoms with van der Waals surface area (Å²) in [7, 11) is 0. The van der Waals surface area contributed by atoms with Crippen LogP contribution in [0.1, 0.15) is 13.3 Å². The summed E-state index contributed by atoms with van der Waals surface area (Å²) in [5, 5.41) is 11.0. The van der Waals surface area contributed by atoms with E-state index in [1.807, 2.05) is 0 Å². The summed E-state index contributed by atoms with van der Waals surface area (Å²) < 4.78 is 4.59. The summed E-state index contributed by atoms with van der Waals surface area (Å²) in [6.45, 7) is 8.67. The van der Waals surface area contributed by atoms with Crippen LogP contribution in [0.4, 0.5) is 4.79 Å². The maximum absolute atomic E-state index is 11.0. The van der Waals surface area contributed by atoms with E-state index in [1.165, 1.54) is 6.08 Å². The number of alkyl carbamates (subject to hydrolysis) is 1. The SMILES string of the molecule is C=CCOC(=O)NC(CC(=C)C)C(=O)O. The maximum atomic E-state index is 11.0. The molecular weight excluding hydrogens is 198 g/mol. The fraction of sp³-hybridized carbons (Fsp3) is 0.400. The molecule has 0 bridgehead atoms. The van der Waals surface area contributed by atoms with Gasteiger partial charge in [-0.25, -0.2) is 9.59 Å². The van der Waals surface area contributed by atoms with Crippen molar-refractivity contribution in [2.75, 3.05) is 6.61 Å². The second-order valence-corrected chi connectivity index (χ2v) is 3.08. The average molecular weight is 213 g/mol. The van der Waals surface area contributed by atoms with Gasteiger partial charge >= 0.3 is 12.1 Å². The van der Waals surface area contributed by atoms with Crippen LogP contribution in [-0.4, -0.2) is 29.8 Å². The molecule has 0 rings (SSSR count). The smallest absolute Gasteiger partial charge is 0.408 e. The molecule has 0 fully saturated rings. The first kappa shape index (κ1) is 13.2. The highest BCUT2D eigenvalue weighted by Gasteiger charge is 2.20. The fourth-order valence-corrected chi connectivity index (χ4v) is 0.867. The summed E-state index contributed by atoms with van der Waals surface area (Å²) in [6.07, 6.45) is 0.802. The Morgan fingerprint density at radius 1 is 1.60 bits per heavy atom. The van der Waals surface area contributed by atoms with Crippen LogP contribution >= 0.6 is 0 Å². The number of hydrogen-bond donors (Lipinski definition) is 2. The van der Waals surface area contributed by atoms with Gasteiger partial charge in [0.2, 0.25) is 0 Å². The topological polar surface area (TPSA) is 75.6 Å². The Bertz CT molecular complexity index is 273. The van der Waals surface area contributed by atoms with Gasteiger partial charge in [0.25, 0.3) is 0 Å². The molecule has 5 nitrogen and oxygen atoms in total. The molecule has 1 atom stereocenters. The lowest BCUT2D eigenvalue weighted by atomic mass is 10.1. The van der Waals surface area contributed by atoms with Crippen molar-refractivity contribution in [3.8, 4) is 0 Å². The van der Waals surface area contributed by atoms with Crippen LogP contribution in [0.15, 0.2) is 24.8 Å². The first-order valence-electron chi connectivity index (χ1n) is 4.38. The number of carbonyl (C=O) groups is 2. The predicted molar refractivity (Wildman–Crippen MR) is 55.5 cm³/mol. The second-order valence-electron chi connectivity index (χ2n) is 3.08. The number of carbonyl (C=O) groups excluding carboxylic acids is 1. The Morgan fingerprint density at radius 2 is 2.20 bits per heavy atom. The number of ether oxygens (including phenoxy) is 1. The summed E-state index contributed by atoms with van der Waals surface area (Å²) >= 11 is 0. The van der Waals surface area contributed by atoms with E-state index in [1.54, 1.807) is 6.92 Å². The van der Waals surface area contributed by atoms with Crippen molar-refractivity contribution in [1.29, 1.82) is 0 Å². The minimum Gasteiger partial charge on any atom is -0.480 e. The van der Waals surface area contributed by atoms with E-state index in [9.17, 15) is 9.59 Å². The fourth-order valence-electron chi connectivity index (χ4n) is 0.867. The van der Waals surface area contributed by atoms with Crippen molar-refractivity contribution in [3.05, 3.63) is 24.8 Å². The second kappa shape index (κ2) is 6.64. The Labute approximate surface area is 88.4 Å². The van der Waals surface area contributed by atoms with Crippen LogP contribution in [0.2, 0.25) is 0 Å². The Balaban J connectivity index is 4.16. The minimum absolute atomic E-state index is 0.0469. The Kier molecular flexibility index (Phi) is 5.85. The Morgan fingerprint density at radius 3 is 2.60 bits per heavy atom. The highest BCUT2D eigenvalue weighted by atomic mass is 16.5. The number of carboxylic acids is 1. The lowest BCUT2D eigenvalue weighted by Crippen LogP contribution is -2.41. The van der Waals surface area contributed by atoms with Gasteiger partial charge in [-0.05, 0) is 13.3 Å². The van der Waals surface area contributed by atoms with Gasteiger partial charge in [0, 0.05) is 0 Å². The van der Waals surface area contributed by atoms with Gasteiger partial charge in [0.15, 0.2) is 0 Å². The molecule has 0 aliphatic rings. The highest BCUT2D eigenvalue weighted by molar-refractivity contribution is 5.80. The third-order valence-electron chi connectivity index (χ3n) is 1.48. The van der Waals surface area contributed by atoms with Crippen LogP contribution in [0.3, 0.4) is 0 Å². The van der Waals surface area contributed by atoms with E-state index in [4.69, 9.17) is 5.11 Å². The van der Waals surface area contributed by atoms with Crippen molar-refractivity contribution >= 4 is 12.1 Å². The molecule has 0 radical (unpaired) electrons. The molecule has 0 aromatic rings. The monoisotopic (exact) mass is 213 g/mol. The molecule has 0 spiro atoms. The standard InChI is InChI=1S/C10H15NO4/c1-4-5-15-10(14)11-8(9(12)13)6-7(2)3/h4,8H,1-2,5-6H2,3H3,(H,11,14)(H,12,13). The lowest BCUT2D eigenvalue weighted by Gasteiger charge is -2.13. The van der Waals surface area contributed by atoms with Crippen molar-refractivity contribution in [2.45, 2.75) is 19.4 Å². The van der Waals surface area contributed by atoms with E-state index < -0.39 is 18.1 Å². The van der Waals surface area contributed by atoms with Gasteiger partial charge in [0.1, 0.15) is 12.6 Å². The molecule has 0 heterocycles. The van der Waals surface area contributed by atoms with E-state index in [2.05, 4.69) is 23.2 Å². The zero-order valence-electron chi connectivity index (χ0n) is 8.66. The van der Waals surface area contributed by atoms with Gasteiger partial charge in [-0.3, -0.25) is 0 Å². The molecule has 0 aliphatic carbocycles. The minimum atomic E-state index is -1.12. The molecule has 15 heavy (non-hydrogen) atoms. The molecule has 0 aliphatic heterocycles. The van der Waals surface area contributed by atoms with Gasteiger partial charge in [0.05, 0.1) is 0 Å². The molecule has 0 aromatic carbocycles. The first-order chi connectivity index (χ1) is 6.97. The zero-order chi connectivity index (χ0) is 11.8. The lowest BCUT2D eigenvalue weighted by molar-refractivity contribution is -0.139. The van der Waals surface area contributed by atoms with Crippen molar-refractivity contribution in [2.24, 2.45) is 0 Å². The zero-order valence-corrected chi connectivity index (χ0v) is 8.66. The summed E-state index contributed by atoms with van der Waals surface area (Å²) in [6, 6.07) is -1.00. The van der Waals surface area contributed by atoms with E-state index >= 15 is 0 Å².